The van der Waals surface area contributed by atoms with E-state index in [1.165, 1.54) is 4.31 Å². The predicted octanol–water partition coefficient (Wildman–Crippen LogP) is 1.61. The SMILES string of the molecule is CCc1cc(S(=O)(=O)N2CCC3(CC2)CC(CN(C)C)OC3=O)ccc1OC.O=CO. The highest BCUT2D eigenvalue weighted by Gasteiger charge is 2.51. The molecule has 10 heteroatoms. The number of carbonyl (C=O) groups is 2. The second-order valence-corrected chi connectivity index (χ2v) is 10.0. The molecule has 2 saturated heterocycles. The van der Waals surface area contributed by atoms with Gasteiger partial charge in [-0.1, -0.05) is 6.92 Å². The van der Waals surface area contributed by atoms with E-state index in [-0.39, 0.29) is 23.4 Å². The molecule has 1 N–H and O–H groups in total. The maximum absolute atomic E-state index is 13.1. The Hall–Kier alpha value is -2.17. The molecule has 3 rings (SSSR count). The van der Waals surface area contributed by atoms with Crippen molar-refractivity contribution in [2.24, 2.45) is 5.41 Å². The molecule has 2 aliphatic rings. The normalized spacial score (nSPS) is 20.8. The lowest BCUT2D eigenvalue weighted by Crippen LogP contribution is -2.45. The third-order valence-corrected chi connectivity index (χ3v) is 7.74. The highest BCUT2D eigenvalue weighted by atomic mass is 32.2. The Balaban J connectivity index is 0.00000107. The second-order valence-electron chi connectivity index (χ2n) is 8.11. The van der Waals surface area contributed by atoms with Crippen LogP contribution < -0.4 is 4.74 Å². The van der Waals surface area contributed by atoms with E-state index in [0.29, 0.717) is 51.1 Å². The van der Waals surface area contributed by atoms with Crippen molar-refractivity contribution >= 4 is 22.5 Å². The molecule has 9 nitrogen and oxygen atoms in total. The molecule has 1 spiro atoms. The molecule has 0 saturated carbocycles. The van der Waals surface area contributed by atoms with E-state index in [1.54, 1.807) is 25.3 Å². The van der Waals surface area contributed by atoms with Crippen LogP contribution in [0.2, 0.25) is 0 Å². The number of ether oxygens (including phenoxy) is 2. The number of benzene rings is 1. The molecule has 0 amide bonds. The molecular weight excluding hydrogens is 424 g/mol. The maximum Gasteiger partial charge on any atom is 0.312 e. The van der Waals surface area contributed by atoms with Crippen LogP contribution in [0.15, 0.2) is 23.1 Å². The molecule has 2 fully saturated rings. The van der Waals surface area contributed by atoms with E-state index in [9.17, 15) is 13.2 Å². The summed E-state index contributed by atoms with van der Waals surface area (Å²) in [5.41, 5.74) is 0.323. The fourth-order valence-electron chi connectivity index (χ4n) is 4.25. The van der Waals surface area contributed by atoms with E-state index in [4.69, 9.17) is 19.4 Å². The van der Waals surface area contributed by atoms with Crippen LogP contribution in [0.25, 0.3) is 0 Å². The number of methoxy groups -OCH3 is 1. The minimum atomic E-state index is -3.60. The first-order chi connectivity index (χ1) is 14.6. The molecule has 1 aromatic carbocycles. The van der Waals surface area contributed by atoms with Crippen LogP contribution in [0.3, 0.4) is 0 Å². The van der Waals surface area contributed by atoms with Gasteiger partial charge in [-0.25, -0.2) is 8.42 Å². The lowest BCUT2D eigenvalue weighted by atomic mass is 9.76. The molecule has 0 aliphatic carbocycles. The van der Waals surface area contributed by atoms with Crippen molar-refractivity contribution in [2.75, 3.05) is 40.8 Å². The zero-order chi connectivity index (χ0) is 23.2. The second kappa shape index (κ2) is 10.4. The topological polar surface area (TPSA) is 113 Å². The predicted molar refractivity (Wildman–Crippen MR) is 115 cm³/mol. The van der Waals surface area contributed by atoms with Gasteiger partial charge in [-0.15, -0.1) is 0 Å². The number of nitrogens with zero attached hydrogens (tertiary/aromatic N) is 2. The number of hydrogen-bond donors (Lipinski definition) is 1. The molecule has 2 heterocycles. The zero-order valence-corrected chi connectivity index (χ0v) is 19.4. The summed E-state index contributed by atoms with van der Waals surface area (Å²) in [4.78, 5) is 23.1. The average molecular weight is 457 g/mol. The lowest BCUT2D eigenvalue weighted by molar-refractivity contribution is -0.150. The molecule has 1 atom stereocenters. The highest BCUT2D eigenvalue weighted by molar-refractivity contribution is 7.89. The number of sulfonamides is 1. The average Bonchev–Trinajstić information content (AvgIpc) is 3.01. The largest absolute Gasteiger partial charge is 0.496 e. The summed E-state index contributed by atoms with van der Waals surface area (Å²) in [5.74, 6) is 0.522. The number of likely N-dealkylation sites (N-methyl/N-ethyl adjacent to an activating group) is 1. The summed E-state index contributed by atoms with van der Waals surface area (Å²) in [5, 5.41) is 6.89. The van der Waals surface area contributed by atoms with E-state index < -0.39 is 15.4 Å². The maximum atomic E-state index is 13.1. The van der Waals surface area contributed by atoms with Gasteiger partial charge >= 0.3 is 5.97 Å². The van der Waals surface area contributed by atoms with Crippen molar-refractivity contribution in [2.45, 2.75) is 43.6 Å². The van der Waals surface area contributed by atoms with Gasteiger partial charge in [-0.05, 0) is 57.1 Å². The Kier molecular flexibility index (Phi) is 8.44. The Bertz CT molecular complexity index is 878. The Labute approximate surface area is 184 Å². The van der Waals surface area contributed by atoms with Gasteiger partial charge in [0.1, 0.15) is 11.9 Å². The van der Waals surface area contributed by atoms with Gasteiger partial charge in [-0.3, -0.25) is 9.59 Å². The van der Waals surface area contributed by atoms with Crippen molar-refractivity contribution in [3.05, 3.63) is 23.8 Å². The number of cyclic esters (lactones) is 1. The van der Waals surface area contributed by atoms with Crippen molar-refractivity contribution in [1.29, 1.82) is 0 Å². The number of esters is 1. The number of piperidine rings is 1. The van der Waals surface area contributed by atoms with Crippen LogP contribution in [0.4, 0.5) is 0 Å². The number of rotatable bonds is 6. The van der Waals surface area contributed by atoms with Crippen molar-refractivity contribution < 1.29 is 32.6 Å². The van der Waals surface area contributed by atoms with Crippen LogP contribution in [0.1, 0.15) is 31.7 Å². The minimum Gasteiger partial charge on any atom is -0.496 e. The van der Waals surface area contributed by atoms with E-state index >= 15 is 0 Å². The summed E-state index contributed by atoms with van der Waals surface area (Å²) >= 11 is 0. The number of hydrogen-bond acceptors (Lipinski definition) is 7. The minimum absolute atomic E-state index is 0.112. The molecule has 174 valence electrons. The fraction of sp³-hybridized carbons (Fsp3) is 0.619. The summed E-state index contributed by atoms with van der Waals surface area (Å²) in [6.45, 7) is 3.08. The van der Waals surface area contributed by atoms with Crippen molar-refractivity contribution in [1.82, 2.24) is 9.21 Å². The van der Waals surface area contributed by atoms with Gasteiger partial charge in [0.2, 0.25) is 10.0 Å². The molecule has 1 aromatic rings. The number of aryl methyl sites for hydroxylation is 1. The van der Waals surface area contributed by atoms with Crippen LogP contribution in [-0.2, 0) is 30.8 Å². The zero-order valence-electron chi connectivity index (χ0n) is 18.5. The standard InChI is InChI=1S/C20H30N2O5S.CH2O2/c1-5-15-12-17(6-7-18(15)26-4)28(24,25)22-10-8-20(9-11-22)13-16(14-21(2)3)27-19(20)23;2-1-3/h6-7,12,16H,5,8-11,13-14H2,1-4H3;1H,(H,2,3). The van der Waals surface area contributed by atoms with Gasteiger partial charge in [0.15, 0.2) is 0 Å². The Morgan fingerprint density at radius 1 is 1.32 bits per heavy atom. The summed E-state index contributed by atoms with van der Waals surface area (Å²) in [6, 6.07) is 4.99. The first kappa shape index (κ1) is 25.1. The molecule has 1 unspecified atom stereocenters. The fourth-order valence-corrected chi connectivity index (χ4v) is 5.74. The third kappa shape index (κ3) is 5.55. The molecule has 2 aliphatic heterocycles. The van der Waals surface area contributed by atoms with Gasteiger partial charge in [0, 0.05) is 26.1 Å². The summed E-state index contributed by atoms with van der Waals surface area (Å²) < 4.78 is 38.6. The van der Waals surface area contributed by atoms with Gasteiger partial charge < -0.3 is 19.5 Å². The van der Waals surface area contributed by atoms with Gasteiger partial charge in [0.25, 0.3) is 6.47 Å². The Morgan fingerprint density at radius 3 is 2.45 bits per heavy atom. The van der Waals surface area contributed by atoms with E-state index in [0.717, 1.165) is 5.56 Å². The molecular formula is C21H32N2O7S. The molecule has 0 aromatic heterocycles. The van der Waals surface area contributed by atoms with Crippen LogP contribution in [0.5, 0.6) is 5.75 Å². The first-order valence-electron chi connectivity index (χ1n) is 10.2. The van der Waals surface area contributed by atoms with Gasteiger partial charge in [0.05, 0.1) is 17.4 Å². The van der Waals surface area contributed by atoms with Crippen LogP contribution in [-0.4, -0.2) is 82.1 Å². The summed E-state index contributed by atoms with van der Waals surface area (Å²) in [6.07, 6.45) is 2.26. The molecule has 0 bridgehead atoms. The van der Waals surface area contributed by atoms with Crippen LogP contribution in [0, 0.1) is 5.41 Å². The number of carboxylic acid groups (broad SMARTS) is 1. The molecule has 31 heavy (non-hydrogen) atoms. The monoisotopic (exact) mass is 456 g/mol. The van der Waals surface area contributed by atoms with E-state index in [2.05, 4.69) is 0 Å². The highest BCUT2D eigenvalue weighted by Crippen LogP contribution is 2.44. The van der Waals surface area contributed by atoms with E-state index in [1.807, 2.05) is 25.9 Å². The molecule has 0 radical (unpaired) electrons. The smallest absolute Gasteiger partial charge is 0.312 e. The Morgan fingerprint density at radius 2 is 1.94 bits per heavy atom. The number of carbonyl (C=O) groups excluding carboxylic acids is 1. The van der Waals surface area contributed by atoms with Crippen LogP contribution >= 0.6 is 0 Å². The van der Waals surface area contributed by atoms with Crippen molar-refractivity contribution in [3.8, 4) is 5.75 Å². The lowest BCUT2D eigenvalue weighted by Gasteiger charge is -2.35. The van der Waals surface area contributed by atoms with Crippen molar-refractivity contribution in [3.63, 3.8) is 0 Å². The third-order valence-electron chi connectivity index (χ3n) is 5.84. The quantitative estimate of drug-likeness (QED) is 0.507. The van der Waals surface area contributed by atoms with Gasteiger partial charge in [-0.2, -0.15) is 4.31 Å². The summed E-state index contributed by atoms with van der Waals surface area (Å²) in [7, 11) is 1.89. The first-order valence-corrected chi connectivity index (χ1v) is 11.7.